The van der Waals surface area contributed by atoms with Gasteiger partial charge in [0.05, 0.1) is 4.99 Å². The first-order chi connectivity index (χ1) is 9.04. The van der Waals surface area contributed by atoms with Crippen LogP contribution in [0.4, 0.5) is 0 Å². The summed E-state index contributed by atoms with van der Waals surface area (Å²) < 4.78 is 5.59. The van der Waals surface area contributed by atoms with Crippen LogP contribution in [0.2, 0.25) is 0 Å². The number of rotatable bonds is 6. The number of hydrogen-bond acceptors (Lipinski definition) is 3. The lowest BCUT2D eigenvalue weighted by molar-refractivity contribution is -0.127. The third kappa shape index (κ3) is 4.52. The average molecular weight is 278 g/mol. The summed E-state index contributed by atoms with van der Waals surface area (Å²) in [5.41, 5.74) is 6.52. The van der Waals surface area contributed by atoms with E-state index in [1.54, 1.807) is 6.92 Å². The number of nitrogens with one attached hydrogen (secondary N) is 1. The minimum Gasteiger partial charge on any atom is -0.481 e. The minimum atomic E-state index is -0.484. The molecule has 3 N–H and O–H groups in total. The van der Waals surface area contributed by atoms with Crippen molar-refractivity contribution in [3.05, 3.63) is 29.8 Å². The number of amides is 1. The number of thiocarbonyl (C=S) groups is 1. The lowest BCUT2D eigenvalue weighted by atomic mass is 10.1. The normalized spacial score (nSPS) is 15.6. The molecule has 0 spiro atoms. The molecule has 0 heterocycles. The molecule has 1 saturated carbocycles. The summed E-state index contributed by atoms with van der Waals surface area (Å²) in [6.07, 6.45) is 2.24. The number of carbonyl (C=O) groups excluding carboxylic acids is 1. The number of nitrogens with two attached hydrogens (primary N) is 1. The van der Waals surface area contributed by atoms with Gasteiger partial charge in [0.15, 0.2) is 6.10 Å². The van der Waals surface area contributed by atoms with Crippen molar-refractivity contribution in [2.75, 3.05) is 0 Å². The number of carbonyl (C=O) groups is 1. The first-order valence-electron chi connectivity index (χ1n) is 6.39. The Balaban J connectivity index is 1.87. The Morgan fingerprint density at radius 2 is 2.11 bits per heavy atom. The van der Waals surface area contributed by atoms with Crippen molar-refractivity contribution in [1.82, 2.24) is 5.32 Å². The van der Waals surface area contributed by atoms with Gasteiger partial charge in [-0.1, -0.05) is 24.4 Å². The van der Waals surface area contributed by atoms with Crippen molar-refractivity contribution in [2.24, 2.45) is 5.73 Å². The van der Waals surface area contributed by atoms with E-state index in [9.17, 15) is 4.79 Å². The predicted molar refractivity (Wildman–Crippen MR) is 78.2 cm³/mol. The van der Waals surface area contributed by atoms with Crippen molar-refractivity contribution in [3.63, 3.8) is 0 Å². The maximum Gasteiger partial charge on any atom is 0.260 e. The van der Waals surface area contributed by atoms with Crippen LogP contribution in [0.25, 0.3) is 0 Å². The van der Waals surface area contributed by atoms with Crippen LogP contribution in [0.3, 0.4) is 0 Å². The van der Waals surface area contributed by atoms with Crippen molar-refractivity contribution < 1.29 is 9.53 Å². The Labute approximate surface area is 118 Å². The first kappa shape index (κ1) is 13.8. The van der Waals surface area contributed by atoms with Gasteiger partial charge >= 0.3 is 0 Å². The Morgan fingerprint density at radius 1 is 1.47 bits per heavy atom. The molecule has 1 fully saturated rings. The predicted octanol–water partition coefficient (Wildman–Crippen LogP) is 1.56. The summed E-state index contributed by atoms with van der Waals surface area (Å²) in [6, 6.07) is 7.81. The molecule has 102 valence electrons. The van der Waals surface area contributed by atoms with Crippen LogP contribution in [0, 0.1) is 0 Å². The molecular weight excluding hydrogens is 260 g/mol. The fourth-order valence-corrected chi connectivity index (χ4v) is 1.86. The van der Waals surface area contributed by atoms with Gasteiger partial charge in [0.1, 0.15) is 5.75 Å². The summed E-state index contributed by atoms with van der Waals surface area (Å²) in [5, 5.41) is 2.91. The van der Waals surface area contributed by atoms with E-state index in [0.29, 0.717) is 23.2 Å². The maximum atomic E-state index is 11.7. The molecule has 1 atom stereocenters. The second kappa shape index (κ2) is 6.02. The van der Waals surface area contributed by atoms with E-state index >= 15 is 0 Å². The molecule has 19 heavy (non-hydrogen) atoms. The average Bonchev–Trinajstić information content (AvgIpc) is 3.14. The molecule has 0 saturated heterocycles. The monoisotopic (exact) mass is 278 g/mol. The molecule has 0 aromatic heterocycles. The van der Waals surface area contributed by atoms with Crippen LogP contribution in [-0.4, -0.2) is 23.0 Å². The van der Waals surface area contributed by atoms with Gasteiger partial charge in [-0.15, -0.1) is 0 Å². The van der Waals surface area contributed by atoms with E-state index < -0.39 is 6.10 Å². The zero-order chi connectivity index (χ0) is 13.8. The second-order valence-corrected chi connectivity index (χ2v) is 5.35. The highest BCUT2D eigenvalue weighted by Crippen LogP contribution is 2.19. The largest absolute Gasteiger partial charge is 0.481 e. The summed E-state index contributed by atoms with van der Waals surface area (Å²) in [4.78, 5) is 12.2. The van der Waals surface area contributed by atoms with E-state index in [0.717, 1.165) is 18.4 Å². The molecule has 4 nitrogen and oxygen atoms in total. The fourth-order valence-electron chi connectivity index (χ4n) is 1.69. The SMILES string of the molecule is CC(Oc1ccc(CC(N)=S)cc1)C(=O)NC1CC1. The summed E-state index contributed by atoms with van der Waals surface area (Å²) in [5.74, 6) is 0.611. The molecule has 0 radical (unpaired) electrons. The third-order valence-electron chi connectivity index (χ3n) is 2.91. The van der Waals surface area contributed by atoms with Crippen LogP contribution in [-0.2, 0) is 11.2 Å². The van der Waals surface area contributed by atoms with Crippen molar-refractivity contribution in [3.8, 4) is 5.75 Å². The summed E-state index contributed by atoms with van der Waals surface area (Å²) in [7, 11) is 0. The Hall–Kier alpha value is -1.62. The fraction of sp³-hybridized carbons (Fsp3) is 0.429. The lowest BCUT2D eigenvalue weighted by Crippen LogP contribution is -2.37. The lowest BCUT2D eigenvalue weighted by Gasteiger charge is -2.14. The van der Waals surface area contributed by atoms with Gasteiger partial charge in [-0.25, -0.2) is 0 Å². The molecule has 1 aromatic rings. The van der Waals surface area contributed by atoms with Gasteiger partial charge in [0.2, 0.25) is 0 Å². The zero-order valence-corrected chi connectivity index (χ0v) is 11.7. The second-order valence-electron chi connectivity index (χ2n) is 4.83. The highest BCUT2D eigenvalue weighted by atomic mass is 32.1. The molecule has 1 aliphatic rings. The molecule has 2 rings (SSSR count). The molecular formula is C14H18N2O2S. The van der Waals surface area contributed by atoms with E-state index in [2.05, 4.69) is 5.32 Å². The van der Waals surface area contributed by atoms with Crippen LogP contribution < -0.4 is 15.8 Å². The van der Waals surface area contributed by atoms with Crippen LogP contribution in [0.1, 0.15) is 25.3 Å². The van der Waals surface area contributed by atoms with Gasteiger partial charge in [-0.2, -0.15) is 0 Å². The highest BCUT2D eigenvalue weighted by molar-refractivity contribution is 7.80. The third-order valence-corrected chi connectivity index (χ3v) is 3.05. The smallest absolute Gasteiger partial charge is 0.260 e. The van der Waals surface area contributed by atoms with E-state index in [4.69, 9.17) is 22.7 Å². The van der Waals surface area contributed by atoms with Gasteiger partial charge < -0.3 is 15.8 Å². The van der Waals surface area contributed by atoms with Crippen molar-refractivity contribution in [1.29, 1.82) is 0 Å². The molecule has 5 heteroatoms. The molecule has 0 bridgehead atoms. The Morgan fingerprint density at radius 3 is 2.63 bits per heavy atom. The van der Waals surface area contributed by atoms with E-state index in [1.165, 1.54) is 0 Å². The van der Waals surface area contributed by atoms with Crippen LogP contribution in [0.5, 0.6) is 5.75 Å². The van der Waals surface area contributed by atoms with Gasteiger partial charge in [-0.05, 0) is 37.5 Å². The number of benzene rings is 1. The van der Waals surface area contributed by atoms with Gasteiger partial charge in [0.25, 0.3) is 5.91 Å². The topological polar surface area (TPSA) is 64.3 Å². The zero-order valence-electron chi connectivity index (χ0n) is 10.9. The van der Waals surface area contributed by atoms with Crippen molar-refractivity contribution >= 4 is 23.1 Å². The molecule has 1 amide bonds. The molecule has 0 aliphatic heterocycles. The number of ether oxygens (including phenoxy) is 1. The van der Waals surface area contributed by atoms with Gasteiger partial charge in [0, 0.05) is 12.5 Å². The Kier molecular flexibility index (Phi) is 4.37. The minimum absolute atomic E-state index is 0.0605. The summed E-state index contributed by atoms with van der Waals surface area (Å²) >= 11 is 4.85. The van der Waals surface area contributed by atoms with Gasteiger partial charge in [-0.3, -0.25) is 4.79 Å². The molecule has 1 unspecified atom stereocenters. The summed E-state index contributed by atoms with van der Waals surface area (Å²) in [6.45, 7) is 1.75. The Bertz CT molecular complexity index is 469. The maximum absolute atomic E-state index is 11.7. The van der Waals surface area contributed by atoms with E-state index in [-0.39, 0.29) is 5.91 Å². The van der Waals surface area contributed by atoms with Crippen molar-refractivity contribution in [2.45, 2.75) is 38.3 Å². The standard InChI is InChI=1S/C14H18N2O2S/c1-9(14(17)16-11-4-5-11)18-12-6-2-10(3-7-12)8-13(15)19/h2-3,6-7,9,11H,4-5,8H2,1H3,(H2,15,19)(H,16,17). The van der Waals surface area contributed by atoms with Crippen LogP contribution >= 0.6 is 12.2 Å². The van der Waals surface area contributed by atoms with E-state index in [1.807, 2.05) is 24.3 Å². The quantitative estimate of drug-likeness (QED) is 0.775. The highest BCUT2D eigenvalue weighted by Gasteiger charge is 2.26. The molecule has 1 aromatic carbocycles. The van der Waals surface area contributed by atoms with Crippen LogP contribution in [0.15, 0.2) is 24.3 Å². The number of hydrogen-bond donors (Lipinski definition) is 2. The first-order valence-corrected chi connectivity index (χ1v) is 6.79. The molecule has 1 aliphatic carbocycles.